The van der Waals surface area contributed by atoms with Crippen LogP contribution in [-0.2, 0) is 0 Å². The second-order valence-electron chi connectivity index (χ2n) is 5.13. The molecule has 100 valence electrons. The highest BCUT2D eigenvalue weighted by Gasteiger charge is 2.25. The highest BCUT2D eigenvalue weighted by atomic mass is 16.5. The predicted molar refractivity (Wildman–Crippen MR) is 77.3 cm³/mol. The van der Waals surface area contributed by atoms with Crippen LogP contribution in [0.5, 0.6) is 5.75 Å². The van der Waals surface area contributed by atoms with E-state index >= 15 is 0 Å². The number of nitrogens with zero attached hydrogens (tertiary/aromatic N) is 2. The Bertz CT molecular complexity index is 581. The van der Waals surface area contributed by atoms with Gasteiger partial charge in [-0.05, 0) is 38.1 Å². The zero-order valence-corrected chi connectivity index (χ0v) is 11.2. The quantitative estimate of drug-likeness (QED) is 0.835. The smallest absolute Gasteiger partial charge is 0.142 e. The topological polar surface area (TPSA) is 51.4 Å². The molecule has 4 nitrogen and oxygen atoms in total. The lowest BCUT2D eigenvalue weighted by Crippen LogP contribution is -2.26. The lowest BCUT2D eigenvalue weighted by molar-refractivity contribution is 0.233. The van der Waals surface area contributed by atoms with Crippen molar-refractivity contribution in [2.75, 3.05) is 25.9 Å². The molecule has 1 aliphatic carbocycles. The Labute approximate surface area is 113 Å². The summed E-state index contributed by atoms with van der Waals surface area (Å²) in [6.45, 7) is 1.62. The van der Waals surface area contributed by atoms with Crippen molar-refractivity contribution in [3.8, 4) is 5.75 Å². The molecule has 0 saturated heterocycles. The summed E-state index contributed by atoms with van der Waals surface area (Å²) in [6, 6.07) is 6.62. The third kappa shape index (κ3) is 2.63. The fourth-order valence-electron chi connectivity index (χ4n) is 2.30. The Morgan fingerprint density at radius 3 is 3.00 bits per heavy atom. The molecule has 0 unspecified atom stereocenters. The standard InChI is InChI=1S/C15H19N3O/c1-18(12-3-4-12)8-9-19-14-5-2-11-10-17-7-6-13(11)15(14)16/h2,5-7,10,12H,3-4,8-9,16H2,1H3. The van der Waals surface area contributed by atoms with E-state index in [0.29, 0.717) is 12.3 Å². The summed E-state index contributed by atoms with van der Waals surface area (Å²) in [7, 11) is 2.15. The number of likely N-dealkylation sites (N-methyl/N-ethyl adjacent to an activating group) is 1. The Morgan fingerprint density at radius 1 is 1.37 bits per heavy atom. The Hall–Kier alpha value is -1.81. The number of ether oxygens (including phenoxy) is 1. The number of hydrogen-bond acceptors (Lipinski definition) is 4. The number of nitrogen functional groups attached to an aromatic ring is 1. The van der Waals surface area contributed by atoms with Crippen LogP contribution in [0.3, 0.4) is 0 Å². The maximum absolute atomic E-state index is 6.14. The minimum absolute atomic E-state index is 0.674. The molecular weight excluding hydrogens is 238 g/mol. The van der Waals surface area contributed by atoms with Gasteiger partial charge in [-0.1, -0.05) is 0 Å². The van der Waals surface area contributed by atoms with Crippen LogP contribution in [0, 0.1) is 0 Å². The Morgan fingerprint density at radius 2 is 2.21 bits per heavy atom. The molecule has 19 heavy (non-hydrogen) atoms. The van der Waals surface area contributed by atoms with Crippen LogP contribution < -0.4 is 10.5 Å². The number of rotatable bonds is 5. The summed E-state index contributed by atoms with van der Waals surface area (Å²) in [5.74, 6) is 0.767. The van der Waals surface area contributed by atoms with Crippen LogP contribution in [0.2, 0.25) is 0 Å². The molecule has 1 aromatic carbocycles. The summed E-state index contributed by atoms with van der Waals surface area (Å²) < 4.78 is 5.81. The molecular formula is C15H19N3O. The average Bonchev–Trinajstić information content (AvgIpc) is 3.26. The molecule has 0 bridgehead atoms. The van der Waals surface area contributed by atoms with Crippen molar-refractivity contribution in [1.82, 2.24) is 9.88 Å². The van der Waals surface area contributed by atoms with Gasteiger partial charge in [-0.2, -0.15) is 0 Å². The van der Waals surface area contributed by atoms with E-state index in [1.807, 2.05) is 24.4 Å². The third-order valence-corrected chi connectivity index (χ3v) is 3.69. The number of aromatic nitrogens is 1. The van der Waals surface area contributed by atoms with Crippen LogP contribution in [0.1, 0.15) is 12.8 Å². The lowest BCUT2D eigenvalue weighted by atomic mass is 10.1. The molecule has 0 aliphatic heterocycles. The minimum atomic E-state index is 0.674. The van der Waals surface area contributed by atoms with Gasteiger partial charge in [0.05, 0.1) is 5.69 Å². The van der Waals surface area contributed by atoms with Crippen molar-refractivity contribution in [3.63, 3.8) is 0 Å². The van der Waals surface area contributed by atoms with Crippen molar-refractivity contribution < 1.29 is 4.74 Å². The van der Waals surface area contributed by atoms with Gasteiger partial charge in [-0.15, -0.1) is 0 Å². The number of nitrogens with two attached hydrogens (primary N) is 1. The van der Waals surface area contributed by atoms with Crippen molar-refractivity contribution in [1.29, 1.82) is 0 Å². The van der Waals surface area contributed by atoms with E-state index in [-0.39, 0.29) is 0 Å². The van der Waals surface area contributed by atoms with E-state index in [4.69, 9.17) is 10.5 Å². The van der Waals surface area contributed by atoms with Crippen LogP contribution in [-0.4, -0.2) is 36.1 Å². The number of hydrogen-bond donors (Lipinski definition) is 1. The summed E-state index contributed by atoms with van der Waals surface area (Å²) >= 11 is 0. The molecule has 1 aliphatic rings. The van der Waals surface area contributed by atoms with Crippen LogP contribution in [0.25, 0.3) is 10.8 Å². The van der Waals surface area contributed by atoms with E-state index in [0.717, 1.165) is 29.1 Å². The van der Waals surface area contributed by atoms with Crippen molar-refractivity contribution in [2.24, 2.45) is 0 Å². The maximum Gasteiger partial charge on any atom is 0.142 e. The second kappa shape index (κ2) is 5.05. The molecule has 1 aromatic heterocycles. The molecule has 1 saturated carbocycles. The van der Waals surface area contributed by atoms with E-state index in [1.165, 1.54) is 12.8 Å². The molecule has 2 aromatic rings. The average molecular weight is 257 g/mol. The van der Waals surface area contributed by atoms with Gasteiger partial charge in [0.15, 0.2) is 0 Å². The Kier molecular flexibility index (Phi) is 3.25. The molecule has 4 heteroatoms. The minimum Gasteiger partial charge on any atom is -0.490 e. The first-order valence-corrected chi connectivity index (χ1v) is 6.71. The van der Waals surface area contributed by atoms with Gasteiger partial charge in [-0.25, -0.2) is 0 Å². The van der Waals surface area contributed by atoms with E-state index in [2.05, 4.69) is 16.9 Å². The molecule has 3 rings (SSSR count). The molecule has 0 spiro atoms. The van der Waals surface area contributed by atoms with Crippen molar-refractivity contribution >= 4 is 16.5 Å². The van der Waals surface area contributed by atoms with Gasteiger partial charge < -0.3 is 15.4 Å². The second-order valence-corrected chi connectivity index (χ2v) is 5.13. The van der Waals surface area contributed by atoms with E-state index < -0.39 is 0 Å². The van der Waals surface area contributed by atoms with Gasteiger partial charge in [0, 0.05) is 35.8 Å². The van der Waals surface area contributed by atoms with Crippen molar-refractivity contribution in [2.45, 2.75) is 18.9 Å². The zero-order valence-electron chi connectivity index (χ0n) is 11.2. The van der Waals surface area contributed by atoms with Crippen molar-refractivity contribution in [3.05, 3.63) is 30.6 Å². The number of fused-ring (bicyclic) bond motifs is 1. The molecule has 0 amide bonds. The molecule has 0 radical (unpaired) electrons. The fraction of sp³-hybridized carbons (Fsp3) is 0.400. The first-order chi connectivity index (χ1) is 9.25. The van der Waals surface area contributed by atoms with Gasteiger partial charge in [0.25, 0.3) is 0 Å². The molecule has 1 fully saturated rings. The highest BCUT2D eigenvalue weighted by Crippen LogP contribution is 2.30. The molecule has 0 atom stereocenters. The molecule has 1 heterocycles. The Balaban J connectivity index is 1.68. The van der Waals surface area contributed by atoms with E-state index in [1.54, 1.807) is 6.20 Å². The van der Waals surface area contributed by atoms with Crippen LogP contribution in [0.4, 0.5) is 5.69 Å². The van der Waals surface area contributed by atoms with Gasteiger partial charge in [0.2, 0.25) is 0 Å². The van der Waals surface area contributed by atoms with Crippen LogP contribution in [0.15, 0.2) is 30.6 Å². The lowest BCUT2D eigenvalue weighted by Gasteiger charge is -2.17. The first kappa shape index (κ1) is 12.2. The first-order valence-electron chi connectivity index (χ1n) is 6.71. The largest absolute Gasteiger partial charge is 0.490 e. The summed E-state index contributed by atoms with van der Waals surface area (Å²) in [5, 5.41) is 2.05. The zero-order chi connectivity index (χ0) is 13.2. The summed E-state index contributed by atoms with van der Waals surface area (Å²) in [5.41, 5.74) is 6.84. The number of pyridine rings is 1. The van der Waals surface area contributed by atoms with E-state index in [9.17, 15) is 0 Å². The highest BCUT2D eigenvalue weighted by molar-refractivity contribution is 5.95. The number of anilines is 1. The van der Waals surface area contributed by atoms with Gasteiger partial charge in [0.1, 0.15) is 12.4 Å². The van der Waals surface area contributed by atoms with Crippen LogP contribution >= 0.6 is 0 Å². The van der Waals surface area contributed by atoms with Gasteiger partial charge >= 0.3 is 0 Å². The van der Waals surface area contributed by atoms with Gasteiger partial charge in [-0.3, -0.25) is 4.98 Å². The number of benzene rings is 1. The fourth-order valence-corrected chi connectivity index (χ4v) is 2.30. The monoisotopic (exact) mass is 257 g/mol. The summed E-state index contributed by atoms with van der Waals surface area (Å²) in [6.07, 6.45) is 6.21. The predicted octanol–water partition coefficient (Wildman–Crippen LogP) is 2.29. The molecule has 2 N–H and O–H groups in total. The normalized spacial score (nSPS) is 15.1. The third-order valence-electron chi connectivity index (χ3n) is 3.69. The maximum atomic E-state index is 6.14. The summed E-state index contributed by atoms with van der Waals surface area (Å²) in [4.78, 5) is 6.44. The SMILES string of the molecule is CN(CCOc1ccc2cnccc2c1N)C1CC1.